The van der Waals surface area contributed by atoms with Crippen LogP contribution >= 0.6 is 0 Å². The molecule has 1 saturated heterocycles. The molecule has 0 bridgehead atoms. The number of pyridine rings is 2. The highest BCUT2D eigenvalue weighted by molar-refractivity contribution is 6.01. The molecule has 240 valence electrons. The molecule has 0 saturated carbocycles. The number of fused-ring (bicyclic) bond motifs is 2. The van der Waals surface area contributed by atoms with Gasteiger partial charge in [0.25, 0.3) is 0 Å². The van der Waals surface area contributed by atoms with E-state index in [0.29, 0.717) is 18.9 Å². The van der Waals surface area contributed by atoms with Crippen LogP contribution in [0.5, 0.6) is 5.75 Å². The van der Waals surface area contributed by atoms with Gasteiger partial charge in [0.05, 0.1) is 23.1 Å². The molecule has 4 aromatic heterocycles. The summed E-state index contributed by atoms with van der Waals surface area (Å²) in [5.74, 6) is 0.223. The van der Waals surface area contributed by atoms with Gasteiger partial charge in [0.1, 0.15) is 23.9 Å². The van der Waals surface area contributed by atoms with Gasteiger partial charge in [0.15, 0.2) is 0 Å². The first-order chi connectivity index (χ1) is 23.7. The molecule has 0 unspecified atom stereocenters. The Bertz CT molecular complexity index is 2190. The van der Waals surface area contributed by atoms with E-state index in [2.05, 4.69) is 60.7 Å². The Hall–Kier alpha value is -5.38. The summed E-state index contributed by atoms with van der Waals surface area (Å²) >= 11 is 0. The smallest absolute Gasteiger partial charge is 0.127 e. The summed E-state index contributed by atoms with van der Waals surface area (Å²) in [6, 6.07) is 27.6. The highest BCUT2D eigenvalue weighted by Crippen LogP contribution is 2.36. The van der Waals surface area contributed by atoms with Gasteiger partial charge in [-0.1, -0.05) is 42.5 Å². The number of likely N-dealkylation sites (tertiary alicyclic amines) is 1. The van der Waals surface area contributed by atoms with Gasteiger partial charge in [0.2, 0.25) is 0 Å². The Morgan fingerprint density at radius 3 is 2.56 bits per heavy atom. The lowest BCUT2D eigenvalue weighted by Crippen LogP contribution is -2.25. The van der Waals surface area contributed by atoms with E-state index in [1.807, 2.05) is 61.1 Å². The summed E-state index contributed by atoms with van der Waals surface area (Å²) in [7, 11) is 0. The van der Waals surface area contributed by atoms with Crippen LogP contribution in [0.1, 0.15) is 24.0 Å². The molecule has 0 aliphatic carbocycles. The number of benzene rings is 3. The van der Waals surface area contributed by atoms with Gasteiger partial charge in [0, 0.05) is 59.9 Å². The maximum atomic E-state index is 14.9. The Kier molecular flexibility index (Phi) is 8.36. The van der Waals surface area contributed by atoms with Crippen LogP contribution in [0.15, 0.2) is 104 Å². The van der Waals surface area contributed by atoms with Crippen molar-refractivity contribution in [1.29, 1.82) is 0 Å². The molecule has 0 amide bonds. The van der Waals surface area contributed by atoms with Gasteiger partial charge in [-0.05, 0) is 84.6 Å². The molecule has 1 fully saturated rings. The number of halogens is 1. The average molecular weight is 638 g/mol. The molecule has 3 N–H and O–H groups in total. The molecular weight excluding hydrogens is 601 g/mol. The van der Waals surface area contributed by atoms with Crippen molar-refractivity contribution in [3.05, 3.63) is 120 Å². The molecule has 9 heteroatoms. The minimum absolute atomic E-state index is 0.319. The number of hydrogen-bond acceptors (Lipinski definition) is 6. The molecule has 1 aliphatic heterocycles. The van der Waals surface area contributed by atoms with Crippen molar-refractivity contribution >= 4 is 21.8 Å². The second kappa shape index (κ2) is 13.4. The van der Waals surface area contributed by atoms with Crippen LogP contribution in [0, 0.1) is 5.82 Å². The van der Waals surface area contributed by atoms with E-state index >= 15 is 0 Å². The van der Waals surface area contributed by atoms with Crippen LogP contribution in [-0.2, 0) is 13.1 Å². The third-order valence-electron chi connectivity index (χ3n) is 9.02. The van der Waals surface area contributed by atoms with Crippen LogP contribution in [0.2, 0.25) is 0 Å². The number of aromatic amines is 2. The number of hydrogen-bond donors (Lipinski definition) is 3. The van der Waals surface area contributed by atoms with Gasteiger partial charge in [-0.3, -0.25) is 20.0 Å². The summed E-state index contributed by atoms with van der Waals surface area (Å²) in [5, 5.41) is 13.2. The molecule has 0 spiro atoms. The molecule has 7 aromatic rings. The Labute approximate surface area is 278 Å². The van der Waals surface area contributed by atoms with E-state index in [4.69, 9.17) is 9.72 Å². The topological polar surface area (TPSA) is 94.8 Å². The van der Waals surface area contributed by atoms with Crippen molar-refractivity contribution in [3.63, 3.8) is 0 Å². The first kappa shape index (κ1) is 30.0. The third kappa shape index (κ3) is 6.43. The van der Waals surface area contributed by atoms with E-state index in [1.165, 1.54) is 24.5 Å². The number of nitrogens with one attached hydrogen (secondary N) is 3. The van der Waals surface area contributed by atoms with Crippen LogP contribution < -0.4 is 10.1 Å². The predicted octanol–water partition coefficient (Wildman–Crippen LogP) is 7.74. The predicted molar refractivity (Wildman–Crippen MR) is 188 cm³/mol. The van der Waals surface area contributed by atoms with Gasteiger partial charge in [-0.25, -0.2) is 4.39 Å². The maximum Gasteiger partial charge on any atom is 0.127 e. The molecule has 3 aromatic carbocycles. The van der Waals surface area contributed by atoms with Crippen molar-refractivity contribution in [3.8, 4) is 39.5 Å². The number of aromatic nitrogens is 5. The Morgan fingerprint density at radius 2 is 1.67 bits per heavy atom. The molecule has 8 nitrogen and oxygen atoms in total. The lowest BCUT2D eigenvalue weighted by Gasteiger charge is -2.15. The maximum absolute atomic E-state index is 14.9. The van der Waals surface area contributed by atoms with Gasteiger partial charge in [-0.15, -0.1) is 0 Å². The van der Waals surface area contributed by atoms with Crippen molar-refractivity contribution < 1.29 is 9.13 Å². The van der Waals surface area contributed by atoms with Crippen LogP contribution in [0.3, 0.4) is 0 Å². The second-order valence-electron chi connectivity index (χ2n) is 12.4. The largest absolute Gasteiger partial charge is 0.492 e. The fourth-order valence-electron chi connectivity index (χ4n) is 6.59. The highest BCUT2D eigenvalue weighted by Gasteiger charge is 2.16. The number of rotatable bonds is 11. The molecule has 5 heterocycles. The first-order valence-corrected chi connectivity index (χ1v) is 16.5. The standard InChI is InChI=1S/C39H36FN7O/c40-30-16-28(17-31(18-30)48-14-13-47-11-4-5-12-47)32-9-6-10-35-33(32)19-37(44-35)39-34-20-36(43-25-38(34)45-46-39)29-15-27(23-42-24-29)22-41-21-26-7-2-1-3-8-26/h1-3,6-10,15-20,23-25,41,44H,4-5,11-14,21-22H2,(H,45,46). The summed E-state index contributed by atoms with van der Waals surface area (Å²) in [5.41, 5.74) is 9.18. The zero-order valence-corrected chi connectivity index (χ0v) is 26.5. The Morgan fingerprint density at radius 1 is 0.792 bits per heavy atom. The molecular formula is C39H36FN7O. The zero-order valence-electron chi connectivity index (χ0n) is 26.5. The molecule has 0 atom stereocenters. The minimum Gasteiger partial charge on any atom is -0.492 e. The highest BCUT2D eigenvalue weighted by atomic mass is 19.1. The van der Waals surface area contributed by atoms with E-state index in [1.54, 1.807) is 6.07 Å². The minimum atomic E-state index is -0.319. The number of H-pyrrole nitrogens is 2. The summed E-state index contributed by atoms with van der Waals surface area (Å²) in [6.07, 6.45) is 8.00. The SMILES string of the molecule is Fc1cc(OCCN2CCCC2)cc(-c2cccc3[nH]c(-c4n[nH]c5cnc(-c6cncc(CNCc7ccccc7)c6)cc45)cc23)c1. The zero-order chi connectivity index (χ0) is 32.3. The van der Waals surface area contributed by atoms with E-state index < -0.39 is 0 Å². The third-order valence-corrected chi connectivity index (χ3v) is 9.02. The summed E-state index contributed by atoms with van der Waals surface area (Å²) in [6.45, 7) is 5.09. The fraction of sp³-hybridized carbons (Fsp3) is 0.205. The van der Waals surface area contributed by atoms with Crippen molar-refractivity contribution in [2.45, 2.75) is 25.9 Å². The fourth-order valence-corrected chi connectivity index (χ4v) is 6.59. The Balaban J connectivity index is 1.05. The lowest BCUT2D eigenvalue weighted by molar-refractivity contribution is 0.237. The van der Waals surface area contributed by atoms with Crippen molar-refractivity contribution in [2.75, 3.05) is 26.2 Å². The van der Waals surface area contributed by atoms with E-state index in [0.717, 1.165) is 87.3 Å². The van der Waals surface area contributed by atoms with Gasteiger partial charge >= 0.3 is 0 Å². The summed E-state index contributed by atoms with van der Waals surface area (Å²) in [4.78, 5) is 15.2. The van der Waals surface area contributed by atoms with Crippen molar-refractivity contribution in [1.82, 2.24) is 35.4 Å². The summed E-state index contributed by atoms with van der Waals surface area (Å²) < 4.78 is 20.9. The van der Waals surface area contributed by atoms with Crippen LogP contribution in [0.4, 0.5) is 4.39 Å². The van der Waals surface area contributed by atoms with Crippen LogP contribution in [0.25, 0.3) is 55.6 Å². The normalized spacial score (nSPS) is 13.5. The van der Waals surface area contributed by atoms with Gasteiger partial charge < -0.3 is 15.0 Å². The average Bonchev–Trinajstić information content (AvgIpc) is 3.88. The van der Waals surface area contributed by atoms with Crippen LogP contribution in [-0.4, -0.2) is 56.3 Å². The lowest BCUT2D eigenvalue weighted by atomic mass is 10.0. The molecule has 0 radical (unpaired) electrons. The van der Waals surface area contributed by atoms with Crippen molar-refractivity contribution in [2.24, 2.45) is 0 Å². The monoisotopic (exact) mass is 637 g/mol. The molecule has 1 aliphatic rings. The number of ether oxygens (including phenoxy) is 1. The second-order valence-corrected chi connectivity index (χ2v) is 12.4. The first-order valence-electron chi connectivity index (χ1n) is 16.5. The van der Waals surface area contributed by atoms with E-state index in [9.17, 15) is 4.39 Å². The number of nitrogens with zero attached hydrogens (tertiary/aromatic N) is 4. The quantitative estimate of drug-likeness (QED) is 0.134. The molecule has 8 rings (SSSR count). The van der Waals surface area contributed by atoms with Gasteiger partial charge in [-0.2, -0.15) is 5.10 Å². The molecule has 48 heavy (non-hydrogen) atoms. The van der Waals surface area contributed by atoms with E-state index in [-0.39, 0.29) is 5.82 Å².